The van der Waals surface area contributed by atoms with E-state index in [1.54, 1.807) is 6.08 Å². The van der Waals surface area contributed by atoms with Crippen LogP contribution in [0.2, 0.25) is 0 Å². The lowest BCUT2D eigenvalue weighted by Gasteiger charge is -2.10. The highest BCUT2D eigenvalue weighted by atomic mass is 16.3. The molecule has 0 aromatic heterocycles. The maximum Gasteiger partial charge on any atom is 0.108 e. The molecule has 2 heteroatoms. The van der Waals surface area contributed by atoms with Gasteiger partial charge >= 0.3 is 0 Å². The number of allylic oxidation sites excluding steroid dienone is 1. The molecular weight excluding hydrogens is 114 g/mol. The van der Waals surface area contributed by atoms with Crippen LogP contribution in [-0.4, -0.2) is 10.6 Å². The van der Waals surface area contributed by atoms with E-state index in [1.165, 1.54) is 6.08 Å². The van der Waals surface area contributed by atoms with Crippen molar-refractivity contribution in [1.29, 1.82) is 0 Å². The summed E-state index contributed by atoms with van der Waals surface area (Å²) in [6.07, 6.45) is 3.18. The molecule has 0 aromatic rings. The van der Waals surface area contributed by atoms with E-state index < -0.39 is 0 Å². The van der Waals surface area contributed by atoms with Crippen LogP contribution in [0.25, 0.3) is 0 Å². The van der Waals surface area contributed by atoms with Crippen molar-refractivity contribution in [3.05, 3.63) is 24.5 Å². The minimum atomic E-state index is -0.369. The molecule has 3 N–H and O–H groups in total. The molecule has 0 amide bonds. The number of aliphatic hydroxyl groups is 1. The average Bonchev–Trinajstić information content (AvgIpc) is 1.59. The fourth-order valence-corrected chi connectivity index (χ4v) is 0.311. The van der Waals surface area contributed by atoms with Gasteiger partial charge in [0, 0.05) is 5.54 Å². The van der Waals surface area contributed by atoms with Crippen molar-refractivity contribution in [3.8, 4) is 0 Å². The second kappa shape index (κ2) is 2.69. The second-order valence-electron chi connectivity index (χ2n) is 2.65. The first-order chi connectivity index (χ1) is 3.92. The van der Waals surface area contributed by atoms with Gasteiger partial charge in [0.15, 0.2) is 0 Å². The zero-order valence-electron chi connectivity index (χ0n) is 5.89. The third-order valence-electron chi connectivity index (χ3n) is 0.705. The van der Waals surface area contributed by atoms with Gasteiger partial charge in [-0.3, -0.25) is 0 Å². The van der Waals surface area contributed by atoms with Gasteiger partial charge in [0.2, 0.25) is 0 Å². The minimum absolute atomic E-state index is 0.0357. The molecule has 0 heterocycles. The summed E-state index contributed by atoms with van der Waals surface area (Å²) in [6.45, 7) is 6.95. The van der Waals surface area contributed by atoms with Crippen LogP contribution in [0.3, 0.4) is 0 Å². The molecule has 0 atom stereocenters. The Balaban J connectivity index is 3.86. The predicted molar refractivity (Wildman–Crippen MR) is 39.2 cm³/mol. The number of hydrogen-bond donors (Lipinski definition) is 2. The van der Waals surface area contributed by atoms with Gasteiger partial charge in [0.25, 0.3) is 0 Å². The Kier molecular flexibility index (Phi) is 2.46. The zero-order chi connectivity index (χ0) is 7.49. The molecule has 0 aromatic carbocycles. The molecule has 0 aliphatic heterocycles. The van der Waals surface area contributed by atoms with E-state index in [2.05, 4.69) is 6.58 Å². The molecule has 52 valence electrons. The van der Waals surface area contributed by atoms with Crippen molar-refractivity contribution in [2.75, 3.05) is 0 Å². The first-order valence-electron chi connectivity index (χ1n) is 2.78. The molecule has 0 aliphatic rings. The maximum atomic E-state index is 8.58. The van der Waals surface area contributed by atoms with Crippen LogP contribution < -0.4 is 5.73 Å². The largest absolute Gasteiger partial charge is 0.509 e. The molecule has 0 aliphatic carbocycles. The summed E-state index contributed by atoms with van der Waals surface area (Å²) in [5.41, 5.74) is 5.18. The van der Waals surface area contributed by atoms with Crippen molar-refractivity contribution in [3.63, 3.8) is 0 Å². The highest BCUT2D eigenvalue weighted by Crippen LogP contribution is 1.99. The highest BCUT2D eigenvalue weighted by Gasteiger charge is 2.02. The maximum absolute atomic E-state index is 8.58. The topological polar surface area (TPSA) is 46.2 Å². The van der Waals surface area contributed by atoms with Gasteiger partial charge in [-0.2, -0.15) is 0 Å². The molecule has 9 heavy (non-hydrogen) atoms. The molecule has 0 saturated heterocycles. The molecule has 2 nitrogen and oxygen atoms in total. The van der Waals surface area contributed by atoms with Crippen molar-refractivity contribution in [2.24, 2.45) is 5.73 Å². The number of nitrogens with two attached hydrogens (primary N) is 1. The van der Waals surface area contributed by atoms with E-state index in [4.69, 9.17) is 10.8 Å². The Bertz CT molecular complexity index is 130. The van der Waals surface area contributed by atoms with Gasteiger partial charge in [-0.05, 0) is 19.9 Å². The summed E-state index contributed by atoms with van der Waals surface area (Å²) >= 11 is 0. The molecule has 0 bridgehead atoms. The van der Waals surface area contributed by atoms with Crippen LogP contribution >= 0.6 is 0 Å². The predicted octanol–water partition coefficient (Wildman–Crippen LogP) is 1.35. The summed E-state index contributed by atoms with van der Waals surface area (Å²) in [5.74, 6) is 0.0357. The molecule has 0 saturated carbocycles. The second-order valence-corrected chi connectivity index (χ2v) is 2.65. The lowest BCUT2D eigenvalue weighted by atomic mass is 10.1. The first kappa shape index (κ1) is 8.24. The minimum Gasteiger partial charge on any atom is -0.509 e. The van der Waals surface area contributed by atoms with Gasteiger partial charge in [-0.25, -0.2) is 0 Å². The fourth-order valence-electron chi connectivity index (χ4n) is 0.311. The van der Waals surface area contributed by atoms with E-state index in [1.807, 2.05) is 13.8 Å². The third kappa shape index (κ3) is 7.24. The van der Waals surface area contributed by atoms with Gasteiger partial charge in [0.1, 0.15) is 5.76 Å². The smallest absolute Gasteiger partial charge is 0.108 e. The molecule has 0 fully saturated rings. The van der Waals surface area contributed by atoms with Crippen LogP contribution in [-0.2, 0) is 0 Å². The first-order valence-corrected chi connectivity index (χ1v) is 2.78. The van der Waals surface area contributed by atoms with E-state index in [-0.39, 0.29) is 11.3 Å². The summed E-state index contributed by atoms with van der Waals surface area (Å²) < 4.78 is 0. The highest BCUT2D eigenvalue weighted by molar-refractivity contribution is 5.11. The third-order valence-corrected chi connectivity index (χ3v) is 0.705. The monoisotopic (exact) mass is 127 g/mol. The Hall–Kier alpha value is -0.760. The molecular formula is C7H13NO. The van der Waals surface area contributed by atoms with E-state index >= 15 is 0 Å². The van der Waals surface area contributed by atoms with Crippen LogP contribution in [0.1, 0.15) is 13.8 Å². The lowest BCUT2D eigenvalue weighted by molar-refractivity contribution is 0.434. The van der Waals surface area contributed by atoms with E-state index in [9.17, 15) is 0 Å². The van der Waals surface area contributed by atoms with Gasteiger partial charge in [-0.1, -0.05) is 12.7 Å². The van der Waals surface area contributed by atoms with Crippen LogP contribution in [0.4, 0.5) is 0 Å². The molecule has 0 radical (unpaired) electrons. The standard InChI is InChI=1S/C7H13NO/c1-6(9)4-5-7(2,3)8/h4-5,9H,1,8H2,2-3H3/b5-4-. The lowest BCUT2D eigenvalue weighted by Crippen LogP contribution is -2.28. The molecule has 0 spiro atoms. The fraction of sp³-hybridized carbons (Fsp3) is 0.429. The Morgan fingerprint density at radius 2 is 2.11 bits per heavy atom. The summed E-state index contributed by atoms with van der Waals surface area (Å²) in [6, 6.07) is 0. The summed E-state index contributed by atoms with van der Waals surface area (Å²) in [4.78, 5) is 0. The van der Waals surface area contributed by atoms with Crippen LogP contribution in [0.15, 0.2) is 24.5 Å². The van der Waals surface area contributed by atoms with Crippen molar-refractivity contribution in [1.82, 2.24) is 0 Å². The summed E-state index contributed by atoms with van der Waals surface area (Å²) in [7, 11) is 0. The van der Waals surface area contributed by atoms with Crippen LogP contribution in [0, 0.1) is 0 Å². The van der Waals surface area contributed by atoms with Gasteiger partial charge in [0.05, 0.1) is 0 Å². The van der Waals surface area contributed by atoms with Gasteiger partial charge in [-0.15, -0.1) is 0 Å². The zero-order valence-corrected chi connectivity index (χ0v) is 5.89. The average molecular weight is 127 g/mol. The molecule has 0 unspecified atom stereocenters. The van der Waals surface area contributed by atoms with Crippen LogP contribution in [0.5, 0.6) is 0 Å². The Morgan fingerprint density at radius 1 is 1.67 bits per heavy atom. The Morgan fingerprint density at radius 3 is 2.22 bits per heavy atom. The van der Waals surface area contributed by atoms with Crippen molar-refractivity contribution >= 4 is 0 Å². The van der Waals surface area contributed by atoms with Crippen molar-refractivity contribution < 1.29 is 5.11 Å². The number of rotatable bonds is 2. The SMILES string of the molecule is C=C(O)/C=C\C(C)(C)N. The van der Waals surface area contributed by atoms with Gasteiger partial charge < -0.3 is 10.8 Å². The number of hydrogen-bond acceptors (Lipinski definition) is 2. The Labute approximate surface area is 55.7 Å². The van der Waals surface area contributed by atoms with Crippen molar-refractivity contribution in [2.45, 2.75) is 19.4 Å². The molecule has 0 rings (SSSR count). The normalized spacial score (nSPS) is 12.3. The number of aliphatic hydroxyl groups excluding tert-OH is 1. The van der Waals surface area contributed by atoms with E-state index in [0.29, 0.717) is 0 Å². The van der Waals surface area contributed by atoms with E-state index in [0.717, 1.165) is 0 Å². The summed E-state index contributed by atoms with van der Waals surface area (Å²) in [5, 5.41) is 8.58. The quantitative estimate of drug-likeness (QED) is 0.434.